The van der Waals surface area contributed by atoms with Gasteiger partial charge in [0.15, 0.2) is 0 Å². The van der Waals surface area contributed by atoms with Crippen LogP contribution in [0.1, 0.15) is 15.9 Å². The number of hydrogen-bond donors (Lipinski definition) is 2. The average molecular weight is 300 g/mol. The van der Waals surface area contributed by atoms with Gasteiger partial charge in [0.1, 0.15) is 24.7 Å². The molecule has 116 valence electrons. The molecule has 0 spiro atoms. The van der Waals surface area contributed by atoms with Gasteiger partial charge in [-0.25, -0.2) is 0 Å². The highest BCUT2D eigenvalue weighted by Gasteiger charge is 2.07. The Hall–Kier alpha value is -2.69. The van der Waals surface area contributed by atoms with Crippen molar-refractivity contribution in [3.63, 3.8) is 0 Å². The third kappa shape index (κ3) is 4.15. The van der Waals surface area contributed by atoms with Crippen molar-refractivity contribution in [2.24, 2.45) is 0 Å². The van der Waals surface area contributed by atoms with Gasteiger partial charge in [-0.2, -0.15) is 0 Å². The molecule has 0 fully saturated rings. The van der Waals surface area contributed by atoms with Gasteiger partial charge < -0.3 is 20.5 Å². The number of nitrogens with one attached hydrogen (secondary N) is 1. The summed E-state index contributed by atoms with van der Waals surface area (Å²) >= 11 is 0. The minimum absolute atomic E-state index is 0.180. The normalized spacial score (nSPS) is 10.1. The van der Waals surface area contributed by atoms with Crippen molar-refractivity contribution in [1.82, 2.24) is 5.32 Å². The highest BCUT2D eigenvalue weighted by atomic mass is 16.5. The SMILES string of the molecule is CNC(=O)c1ccc(OCCOc2ccc(C)cc2)c(N)c1. The van der Waals surface area contributed by atoms with E-state index in [9.17, 15) is 4.79 Å². The standard InChI is InChI=1S/C17H20N2O3/c1-12-3-6-14(7-4-12)21-9-10-22-16-8-5-13(11-15(16)18)17(20)19-2/h3-8,11H,9-10,18H2,1-2H3,(H,19,20). The lowest BCUT2D eigenvalue weighted by atomic mass is 10.2. The third-order valence-electron chi connectivity index (χ3n) is 3.13. The summed E-state index contributed by atoms with van der Waals surface area (Å²) in [5.74, 6) is 1.17. The van der Waals surface area contributed by atoms with Gasteiger partial charge in [0.25, 0.3) is 5.91 Å². The zero-order valence-corrected chi connectivity index (χ0v) is 12.8. The van der Waals surface area contributed by atoms with Crippen LogP contribution in [0, 0.1) is 6.92 Å². The first-order chi connectivity index (χ1) is 10.6. The summed E-state index contributed by atoms with van der Waals surface area (Å²) in [6.07, 6.45) is 0. The molecule has 2 rings (SSSR count). The van der Waals surface area contributed by atoms with Crippen molar-refractivity contribution in [3.05, 3.63) is 53.6 Å². The van der Waals surface area contributed by atoms with Gasteiger partial charge in [-0.05, 0) is 37.3 Å². The van der Waals surface area contributed by atoms with E-state index in [1.807, 2.05) is 31.2 Å². The van der Waals surface area contributed by atoms with E-state index in [1.165, 1.54) is 5.56 Å². The summed E-state index contributed by atoms with van der Waals surface area (Å²) in [6.45, 7) is 2.81. The zero-order valence-electron chi connectivity index (χ0n) is 12.8. The van der Waals surface area contributed by atoms with Gasteiger partial charge in [0.2, 0.25) is 0 Å². The van der Waals surface area contributed by atoms with E-state index in [1.54, 1.807) is 25.2 Å². The molecule has 0 radical (unpaired) electrons. The number of aryl methyl sites for hydroxylation is 1. The van der Waals surface area contributed by atoms with Crippen LogP contribution in [0.4, 0.5) is 5.69 Å². The molecule has 0 aliphatic heterocycles. The van der Waals surface area contributed by atoms with Crippen LogP contribution in [0.3, 0.4) is 0 Å². The van der Waals surface area contributed by atoms with Gasteiger partial charge >= 0.3 is 0 Å². The molecule has 0 saturated heterocycles. The molecule has 22 heavy (non-hydrogen) atoms. The number of rotatable bonds is 6. The van der Waals surface area contributed by atoms with Crippen LogP contribution in [-0.4, -0.2) is 26.2 Å². The highest BCUT2D eigenvalue weighted by Crippen LogP contribution is 2.22. The first-order valence-electron chi connectivity index (χ1n) is 7.04. The number of hydrogen-bond acceptors (Lipinski definition) is 4. The minimum Gasteiger partial charge on any atom is -0.490 e. The van der Waals surface area contributed by atoms with E-state index in [2.05, 4.69) is 5.32 Å². The Labute approximate surface area is 130 Å². The Morgan fingerprint density at radius 3 is 2.41 bits per heavy atom. The fraction of sp³-hybridized carbons (Fsp3) is 0.235. The number of carbonyl (C=O) groups excluding carboxylic acids is 1. The predicted octanol–water partition coefficient (Wildman–Crippen LogP) is 2.39. The Morgan fingerprint density at radius 1 is 1.09 bits per heavy atom. The largest absolute Gasteiger partial charge is 0.490 e. The zero-order chi connectivity index (χ0) is 15.9. The van der Waals surface area contributed by atoms with E-state index in [-0.39, 0.29) is 5.91 Å². The second kappa shape index (κ2) is 7.36. The van der Waals surface area contributed by atoms with Crippen LogP contribution in [0.2, 0.25) is 0 Å². The van der Waals surface area contributed by atoms with Gasteiger partial charge in [-0.15, -0.1) is 0 Å². The van der Waals surface area contributed by atoms with E-state index >= 15 is 0 Å². The minimum atomic E-state index is -0.180. The molecule has 0 atom stereocenters. The van der Waals surface area contributed by atoms with Crippen LogP contribution in [0.25, 0.3) is 0 Å². The van der Waals surface area contributed by atoms with Crippen molar-refractivity contribution < 1.29 is 14.3 Å². The molecular weight excluding hydrogens is 280 g/mol. The smallest absolute Gasteiger partial charge is 0.251 e. The van der Waals surface area contributed by atoms with Crippen LogP contribution < -0.4 is 20.5 Å². The van der Waals surface area contributed by atoms with Crippen LogP contribution in [-0.2, 0) is 0 Å². The molecule has 0 aliphatic carbocycles. The molecule has 2 aromatic rings. The molecular formula is C17H20N2O3. The van der Waals surface area contributed by atoms with Gasteiger partial charge in [0.05, 0.1) is 5.69 Å². The van der Waals surface area contributed by atoms with Gasteiger partial charge in [0, 0.05) is 12.6 Å². The van der Waals surface area contributed by atoms with Crippen molar-refractivity contribution in [1.29, 1.82) is 0 Å². The van der Waals surface area contributed by atoms with Crippen molar-refractivity contribution >= 4 is 11.6 Å². The van der Waals surface area contributed by atoms with Gasteiger partial charge in [-0.3, -0.25) is 4.79 Å². The fourth-order valence-electron chi connectivity index (χ4n) is 1.91. The maximum atomic E-state index is 11.5. The Bertz CT molecular complexity index is 639. The van der Waals surface area contributed by atoms with Crippen LogP contribution in [0.5, 0.6) is 11.5 Å². The number of amides is 1. The second-order valence-corrected chi connectivity index (χ2v) is 4.84. The van der Waals surface area contributed by atoms with Crippen molar-refractivity contribution in [3.8, 4) is 11.5 Å². The van der Waals surface area contributed by atoms with E-state index in [4.69, 9.17) is 15.2 Å². The third-order valence-corrected chi connectivity index (χ3v) is 3.13. The molecule has 0 bridgehead atoms. The fourth-order valence-corrected chi connectivity index (χ4v) is 1.91. The molecule has 3 N–H and O–H groups in total. The van der Waals surface area contributed by atoms with Crippen LogP contribution >= 0.6 is 0 Å². The average Bonchev–Trinajstić information content (AvgIpc) is 2.53. The van der Waals surface area contributed by atoms with E-state index in [0.29, 0.717) is 30.2 Å². The summed E-state index contributed by atoms with van der Waals surface area (Å²) in [6, 6.07) is 12.8. The second-order valence-electron chi connectivity index (χ2n) is 4.84. The molecule has 1 amide bonds. The van der Waals surface area contributed by atoms with Crippen LogP contribution in [0.15, 0.2) is 42.5 Å². The molecule has 5 heteroatoms. The molecule has 0 aliphatic rings. The van der Waals surface area contributed by atoms with Crippen molar-refractivity contribution in [2.45, 2.75) is 6.92 Å². The monoisotopic (exact) mass is 300 g/mol. The molecule has 0 aromatic heterocycles. The Kier molecular flexibility index (Phi) is 5.25. The molecule has 5 nitrogen and oxygen atoms in total. The maximum Gasteiger partial charge on any atom is 0.251 e. The van der Waals surface area contributed by atoms with Crippen molar-refractivity contribution in [2.75, 3.05) is 26.0 Å². The highest BCUT2D eigenvalue weighted by molar-refractivity contribution is 5.95. The first-order valence-corrected chi connectivity index (χ1v) is 7.04. The molecule has 2 aromatic carbocycles. The molecule has 0 saturated carbocycles. The summed E-state index contributed by atoms with van der Waals surface area (Å²) in [4.78, 5) is 11.5. The summed E-state index contributed by atoms with van der Waals surface area (Å²) in [7, 11) is 1.57. The summed E-state index contributed by atoms with van der Waals surface area (Å²) in [5.41, 5.74) is 8.00. The number of ether oxygens (including phenoxy) is 2. The Balaban J connectivity index is 1.84. The maximum absolute atomic E-state index is 11.5. The summed E-state index contributed by atoms with van der Waals surface area (Å²) in [5, 5.41) is 2.55. The number of anilines is 1. The number of nitrogens with two attached hydrogens (primary N) is 1. The molecule has 0 unspecified atom stereocenters. The first kappa shape index (κ1) is 15.7. The lowest BCUT2D eigenvalue weighted by Gasteiger charge is -2.11. The number of carbonyl (C=O) groups is 1. The Morgan fingerprint density at radius 2 is 1.77 bits per heavy atom. The quantitative estimate of drug-likeness (QED) is 0.634. The number of benzene rings is 2. The topological polar surface area (TPSA) is 73.6 Å². The van der Waals surface area contributed by atoms with Gasteiger partial charge in [-0.1, -0.05) is 17.7 Å². The van der Waals surface area contributed by atoms with E-state index < -0.39 is 0 Å². The summed E-state index contributed by atoms with van der Waals surface area (Å²) < 4.78 is 11.1. The number of nitrogen functional groups attached to an aromatic ring is 1. The lowest BCUT2D eigenvalue weighted by molar-refractivity contribution is 0.0963. The predicted molar refractivity (Wildman–Crippen MR) is 86.4 cm³/mol. The molecule has 0 heterocycles. The van der Waals surface area contributed by atoms with E-state index in [0.717, 1.165) is 5.75 Å². The lowest BCUT2D eigenvalue weighted by Crippen LogP contribution is -2.18.